The number of hydrogen-bond donors (Lipinski definition) is 1. The highest BCUT2D eigenvalue weighted by atomic mass is 35.5. The lowest BCUT2D eigenvalue weighted by atomic mass is 9.75. The van der Waals surface area contributed by atoms with Crippen LogP contribution in [0, 0.1) is 11.8 Å². The molecule has 0 heterocycles. The van der Waals surface area contributed by atoms with Gasteiger partial charge in [-0.05, 0) is 44.4 Å². The van der Waals surface area contributed by atoms with Crippen LogP contribution in [0.25, 0.3) is 0 Å². The van der Waals surface area contributed by atoms with Crippen LogP contribution >= 0.6 is 11.6 Å². The fraction of sp³-hybridized carbons (Fsp3) is 1.00. The minimum atomic E-state index is -0.527. The van der Waals surface area contributed by atoms with Crippen LogP contribution in [-0.4, -0.2) is 29.3 Å². The SMILES string of the molecule is CC(C)C1CCC(C)(OC[C@H](O)CCl)CC1. The first-order valence-corrected chi connectivity index (χ1v) is 6.88. The molecule has 0 spiro atoms. The Labute approximate surface area is 104 Å². The molecule has 1 aliphatic carbocycles. The molecule has 0 unspecified atom stereocenters. The Kier molecular flexibility index (Phi) is 5.55. The predicted octanol–water partition coefficient (Wildman–Crippen LogP) is 3.21. The van der Waals surface area contributed by atoms with Gasteiger partial charge in [-0.15, -0.1) is 11.6 Å². The van der Waals surface area contributed by atoms with Crippen molar-refractivity contribution in [1.82, 2.24) is 0 Å². The summed E-state index contributed by atoms with van der Waals surface area (Å²) >= 11 is 5.55. The summed E-state index contributed by atoms with van der Waals surface area (Å²) in [5.41, 5.74) is -0.0432. The predicted molar refractivity (Wildman–Crippen MR) is 67.9 cm³/mol. The van der Waals surface area contributed by atoms with Crippen molar-refractivity contribution in [1.29, 1.82) is 0 Å². The minimum Gasteiger partial charge on any atom is -0.389 e. The molecule has 1 atom stereocenters. The van der Waals surface area contributed by atoms with E-state index in [-0.39, 0.29) is 11.5 Å². The van der Waals surface area contributed by atoms with Gasteiger partial charge in [0.25, 0.3) is 0 Å². The topological polar surface area (TPSA) is 29.5 Å². The molecule has 1 N–H and O–H groups in total. The van der Waals surface area contributed by atoms with Crippen LogP contribution in [-0.2, 0) is 4.74 Å². The van der Waals surface area contributed by atoms with E-state index in [9.17, 15) is 5.11 Å². The molecule has 0 aliphatic heterocycles. The molecule has 0 aromatic heterocycles. The van der Waals surface area contributed by atoms with Gasteiger partial charge in [-0.25, -0.2) is 0 Å². The zero-order valence-electron chi connectivity index (χ0n) is 10.7. The number of rotatable bonds is 5. The van der Waals surface area contributed by atoms with Gasteiger partial charge in [-0.1, -0.05) is 13.8 Å². The van der Waals surface area contributed by atoms with Crippen LogP contribution in [0.4, 0.5) is 0 Å². The zero-order valence-corrected chi connectivity index (χ0v) is 11.5. The summed E-state index contributed by atoms with van der Waals surface area (Å²) < 4.78 is 5.82. The largest absolute Gasteiger partial charge is 0.389 e. The molecule has 3 heteroatoms. The third-order valence-corrected chi connectivity index (χ3v) is 4.19. The molecule has 1 saturated carbocycles. The molecule has 0 amide bonds. The van der Waals surface area contributed by atoms with Gasteiger partial charge in [0.1, 0.15) is 0 Å². The Morgan fingerprint density at radius 1 is 1.38 bits per heavy atom. The second-order valence-corrected chi connectivity index (χ2v) is 5.96. The lowest BCUT2D eigenvalue weighted by molar-refractivity contribution is -0.0922. The highest BCUT2D eigenvalue weighted by Crippen LogP contribution is 2.37. The van der Waals surface area contributed by atoms with Crippen LogP contribution in [0.5, 0.6) is 0 Å². The van der Waals surface area contributed by atoms with E-state index in [4.69, 9.17) is 16.3 Å². The van der Waals surface area contributed by atoms with Crippen molar-refractivity contribution in [2.24, 2.45) is 11.8 Å². The Morgan fingerprint density at radius 3 is 2.38 bits per heavy atom. The van der Waals surface area contributed by atoms with E-state index in [0.29, 0.717) is 6.61 Å². The van der Waals surface area contributed by atoms with Crippen molar-refractivity contribution in [3.8, 4) is 0 Å². The van der Waals surface area contributed by atoms with Crippen molar-refractivity contribution in [3.63, 3.8) is 0 Å². The van der Waals surface area contributed by atoms with E-state index in [0.717, 1.165) is 24.7 Å². The molecule has 0 bridgehead atoms. The van der Waals surface area contributed by atoms with E-state index >= 15 is 0 Å². The maximum atomic E-state index is 9.39. The first-order chi connectivity index (χ1) is 7.47. The number of aliphatic hydroxyl groups excluding tert-OH is 1. The molecule has 96 valence electrons. The summed E-state index contributed by atoms with van der Waals surface area (Å²) in [6.45, 7) is 7.12. The van der Waals surface area contributed by atoms with Crippen molar-refractivity contribution in [3.05, 3.63) is 0 Å². The molecule has 0 aromatic carbocycles. The fourth-order valence-corrected chi connectivity index (χ4v) is 2.49. The molecule has 0 aromatic rings. The average Bonchev–Trinajstić information content (AvgIpc) is 2.26. The molecule has 1 rings (SSSR count). The van der Waals surface area contributed by atoms with E-state index in [1.165, 1.54) is 12.8 Å². The van der Waals surface area contributed by atoms with E-state index in [1.54, 1.807) is 0 Å². The molecular formula is C13H25ClO2. The van der Waals surface area contributed by atoms with Crippen LogP contribution in [0.3, 0.4) is 0 Å². The van der Waals surface area contributed by atoms with Crippen LogP contribution in [0.15, 0.2) is 0 Å². The average molecular weight is 249 g/mol. The Bertz CT molecular complexity index is 198. The smallest absolute Gasteiger partial charge is 0.0908 e. The standard InChI is InChI=1S/C13H25ClO2/c1-10(2)11-4-6-13(3,7-5-11)16-9-12(15)8-14/h10-12,15H,4-9H2,1-3H3/t11?,12-,13?/m1/s1. The molecule has 1 fully saturated rings. The van der Waals surface area contributed by atoms with Gasteiger partial charge in [0.15, 0.2) is 0 Å². The lowest BCUT2D eigenvalue weighted by Crippen LogP contribution is -2.37. The Hall–Kier alpha value is 0.210. The molecule has 16 heavy (non-hydrogen) atoms. The quantitative estimate of drug-likeness (QED) is 0.758. The van der Waals surface area contributed by atoms with E-state index in [1.807, 2.05) is 0 Å². The molecule has 1 aliphatic rings. The first kappa shape index (κ1) is 14.3. The van der Waals surface area contributed by atoms with Crippen molar-refractivity contribution in [2.75, 3.05) is 12.5 Å². The maximum absolute atomic E-state index is 9.39. The van der Waals surface area contributed by atoms with Gasteiger partial charge in [-0.3, -0.25) is 0 Å². The molecular weight excluding hydrogens is 224 g/mol. The van der Waals surface area contributed by atoms with E-state index in [2.05, 4.69) is 20.8 Å². The summed E-state index contributed by atoms with van der Waals surface area (Å²) in [5.74, 6) is 1.87. The number of ether oxygens (including phenoxy) is 1. The fourth-order valence-electron chi connectivity index (χ4n) is 2.40. The Balaban J connectivity index is 2.32. The normalized spacial score (nSPS) is 33.0. The third kappa shape index (κ3) is 4.23. The van der Waals surface area contributed by atoms with Gasteiger partial charge in [0.05, 0.1) is 24.2 Å². The highest BCUT2D eigenvalue weighted by molar-refractivity contribution is 6.18. The first-order valence-electron chi connectivity index (χ1n) is 6.35. The maximum Gasteiger partial charge on any atom is 0.0908 e. The summed E-state index contributed by atoms with van der Waals surface area (Å²) in [6.07, 6.45) is 4.16. The molecule has 0 saturated heterocycles. The van der Waals surface area contributed by atoms with Crippen molar-refractivity contribution >= 4 is 11.6 Å². The summed E-state index contributed by atoms with van der Waals surface area (Å²) in [4.78, 5) is 0. The number of hydrogen-bond acceptors (Lipinski definition) is 2. The van der Waals surface area contributed by atoms with Gasteiger partial charge in [-0.2, -0.15) is 0 Å². The van der Waals surface area contributed by atoms with Crippen molar-refractivity contribution in [2.45, 2.75) is 58.2 Å². The monoisotopic (exact) mass is 248 g/mol. The molecule has 2 nitrogen and oxygen atoms in total. The minimum absolute atomic E-state index is 0.0432. The van der Waals surface area contributed by atoms with Gasteiger partial charge < -0.3 is 9.84 Å². The summed E-state index contributed by atoms with van der Waals surface area (Å²) in [7, 11) is 0. The Morgan fingerprint density at radius 2 is 1.94 bits per heavy atom. The highest BCUT2D eigenvalue weighted by Gasteiger charge is 2.33. The third-order valence-electron chi connectivity index (χ3n) is 3.83. The van der Waals surface area contributed by atoms with E-state index < -0.39 is 6.10 Å². The van der Waals surface area contributed by atoms with Crippen LogP contribution < -0.4 is 0 Å². The van der Waals surface area contributed by atoms with Crippen molar-refractivity contribution < 1.29 is 9.84 Å². The lowest BCUT2D eigenvalue weighted by Gasteiger charge is -2.39. The van der Waals surface area contributed by atoms with Gasteiger partial charge in [0, 0.05) is 0 Å². The number of alkyl halides is 1. The van der Waals surface area contributed by atoms with Crippen LogP contribution in [0.1, 0.15) is 46.5 Å². The van der Waals surface area contributed by atoms with Gasteiger partial charge >= 0.3 is 0 Å². The van der Waals surface area contributed by atoms with Gasteiger partial charge in [0.2, 0.25) is 0 Å². The summed E-state index contributed by atoms with van der Waals surface area (Å²) in [5, 5.41) is 9.39. The number of halogens is 1. The second kappa shape index (κ2) is 6.23. The summed E-state index contributed by atoms with van der Waals surface area (Å²) in [6, 6.07) is 0. The zero-order chi connectivity index (χ0) is 12.2. The second-order valence-electron chi connectivity index (χ2n) is 5.65. The molecule has 0 radical (unpaired) electrons. The van der Waals surface area contributed by atoms with Crippen LogP contribution in [0.2, 0.25) is 0 Å². The number of aliphatic hydroxyl groups is 1.